The Labute approximate surface area is 131 Å². The number of likely N-dealkylation sites (N-methyl/N-ethyl adjacent to an activating group) is 1. The summed E-state index contributed by atoms with van der Waals surface area (Å²) in [6, 6.07) is 10.3. The molecule has 0 saturated carbocycles. The number of methoxy groups -OCH3 is 1. The molecule has 0 radical (unpaired) electrons. The molecule has 0 aliphatic carbocycles. The number of aryl methyl sites for hydroxylation is 1. The van der Waals surface area contributed by atoms with Gasteiger partial charge < -0.3 is 10.1 Å². The lowest BCUT2D eigenvalue weighted by Crippen LogP contribution is -2.28. The van der Waals surface area contributed by atoms with E-state index in [1.165, 1.54) is 5.56 Å². The van der Waals surface area contributed by atoms with Gasteiger partial charge in [-0.25, -0.2) is 0 Å². The first-order chi connectivity index (χ1) is 10.2. The van der Waals surface area contributed by atoms with Crippen molar-refractivity contribution in [2.75, 3.05) is 14.2 Å². The van der Waals surface area contributed by atoms with Crippen molar-refractivity contribution in [3.8, 4) is 5.75 Å². The van der Waals surface area contributed by atoms with E-state index >= 15 is 0 Å². The number of nitrogens with zero attached hydrogens (tertiary/aromatic N) is 1. The molecule has 1 atom stereocenters. The lowest BCUT2D eigenvalue weighted by atomic mass is 9.99. The summed E-state index contributed by atoms with van der Waals surface area (Å²) in [4.78, 5) is 4.05. The Morgan fingerprint density at radius 2 is 2.00 bits per heavy atom. The minimum Gasteiger partial charge on any atom is -0.496 e. The lowest BCUT2D eigenvalue weighted by molar-refractivity contribution is 0.404. The van der Waals surface area contributed by atoms with E-state index in [9.17, 15) is 0 Å². The third-order valence-electron chi connectivity index (χ3n) is 3.65. The summed E-state index contributed by atoms with van der Waals surface area (Å²) in [7, 11) is 3.69. The third-order valence-corrected chi connectivity index (χ3v) is 3.88. The average molecular weight is 305 g/mol. The van der Waals surface area contributed by atoms with Crippen molar-refractivity contribution in [2.24, 2.45) is 0 Å². The van der Waals surface area contributed by atoms with Crippen LogP contribution in [0.4, 0.5) is 0 Å². The molecule has 0 aliphatic heterocycles. The van der Waals surface area contributed by atoms with Crippen LogP contribution in [0, 0.1) is 0 Å². The molecule has 0 saturated heterocycles. The van der Waals surface area contributed by atoms with Gasteiger partial charge in [0.15, 0.2) is 0 Å². The number of rotatable bonds is 7. The summed E-state index contributed by atoms with van der Waals surface area (Å²) in [6.45, 7) is 0. The van der Waals surface area contributed by atoms with Crippen molar-refractivity contribution >= 4 is 11.6 Å². The van der Waals surface area contributed by atoms with Crippen LogP contribution in [-0.2, 0) is 12.8 Å². The highest BCUT2D eigenvalue weighted by atomic mass is 35.5. The topological polar surface area (TPSA) is 34.2 Å². The first kappa shape index (κ1) is 15.8. The maximum absolute atomic E-state index is 6.09. The largest absolute Gasteiger partial charge is 0.496 e. The standard InChI is InChI=1S/C17H21ClN2O/c1-19-16(5-3-13-7-9-20-10-8-13)12-14-11-15(18)4-6-17(14)21-2/h4,6-11,16,19H,3,5,12H2,1-2H3. The highest BCUT2D eigenvalue weighted by Crippen LogP contribution is 2.24. The molecule has 2 aromatic rings. The molecule has 112 valence electrons. The van der Waals surface area contributed by atoms with E-state index < -0.39 is 0 Å². The van der Waals surface area contributed by atoms with Crippen molar-refractivity contribution in [3.05, 3.63) is 58.9 Å². The Kier molecular flexibility index (Phi) is 6.03. The minimum absolute atomic E-state index is 0.380. The number of hydrogen-bond donors (Lipinski definition) is 1. The van der Waals surface area contributed by atoms with Crippen LogP contribution in [0.25, 0.3) is 0 Å². The second-order valence-electron chi connectivity index (χ2n) is 5.04. The van der Waals surface area contributed by atoms with E-state index in [1.54, 1.807) is 7.11 Å². The summed E-state index contributed by atoms with van der Waals surface area (Å²) in [6.07, 6.45) is 6.64. The lowest BCUT2D eigenvalue weighted by Gasteiger charge is -2.18. The van der Waals surface area contributed by atoms with E-state index in [4.69, 9.17) is 16.3 Å². The van der Waals surface area contributed by atoms with Gasteiger partial charge in [-0.05, 0) is 67.8 Å². The van der Waals surface area contributed by atoms with Crippen molar-refractivity contribution in [2.45, 2.75) is 25.3 Å². The normalized spacial score (nSPS) is 12.1. The SMILES string of the molecule is CNC(CCc1ccncc1)Cc1cc(Cl)ccc1OC. The van der Waals surface area contributed by atoms with Crippen LogP contribution in [0.1, 0.15) is 17.5 Å². The highest BCUT2D eigenvalue weighted by molar-refractivity contribution is 6.30. The molecule has 4 heteroatoms. The van der Waals surface area contributed by atoms with Gasteiger partial charge in [0.25, 0.3) is 0 Å². The van der Waals surface area contributed by atoms with Crippen LogP contribution >= 0.6 is 11.6 Å². The molecule has 3 nitrogen and oxygen atoms in total. The molecule has 1 aromatic heterocycles. The number of hydrogen-bond acceptors (Lipinski definition) is 3. The first-order valence-corrected chi connectivity index (χ1v) is 7.49. The Hall–Kier alpha value is -1.58. The quantitative estimate of drug-likeness (QED) is 0.850. The predicted octanol–water partition coefficient (Wildman–Crippen LogP) is 3.51. The van der Waals surface area contributed by atoms with Gasteiger partial charge in [-0.15, -0.1) is 0 Å². The van der Waals surface area contributed by atoms with Gasteiger partial charge in [0.2, 0.25) is 0 Å². The van der Waals surface area contributed by atoms with Gasteiger partial charge in [-0.1, -0.05) is 11.6 Å². The number of aromatic nitrogens is 1. The zero-order chi connectivity index (χ0) is 15.1. The van der Waals surface area contributed by atoms with Crippen LogP contribution in [0.5, 0.6) is 5.75 Å². The van der Waals surface area contributed by atoms with Crippen molar-refractivity contribution < 1.29 is 4.74 Å². The van der Waals surface area contributed by atoms with Crippen LogP contribution in [0.2, 0.25) is 5.02 Å². The van der Waals surface area contributed by atoms with Gasteiger partial charge in [-0.2, -0.15) is 0 Å². The zero-order valence-corrected chi connectivity index (χ0v) is 13.2. The van der Waals surface area contributed by atoms with Gasteiger partial charge >= 0.3 is 0 Å². The summed E-state index contributed by atoms with van der Waals surface area (Å²) < 4.78 is 5.41. The summed E-state index contributed by atoms with van der Waals surface area (Å²) >= 11 is 6.09. The summed E-state index contributed by atoms with van der Waals surface area (Å²) in [5, 5.41) is 4.12. The number of benzene rings is 1. The van der Waals surface area contributed by atoms with Gasteiger partial charge in [0.1, 0.15) is 5.75 Å². The molecule has 2 rings (SSSR count). The smallest absolute Gasteiger partial charge is 0.122 e. The maximum Gasteiger partial charge on any atom is 0.122 e. The fourth-order valence-electron chi connectivity index (χ4n) is 2.41. The van der Waals surface area contributed by atoms with Crippen molar-refractivity contribution in [1.29, 1.82) is 0 Å². The van der Waals surface area contributed by atoms with Gasteiger partial charge in [0, 0.05) is 23.5 Å². The number of ether oxygens (including phenoxy) is 1. The Bertz CT molecular complexity index is 560. The minimum atomic E-state index is 0.380. The fraction of sp³-hybridized carbons (Fsp3) is 0.353. The molecule has 0 bridgehead atoms. The van der Waals surface area contributed by atoms with Crippen LogP contribution in [-0.4, -0.2) is 25.2 Å². The van der Waals surface area contributed by atoms with E-state index in [0.29, 0.717) is 6.04 Å². The number of halogens is 1. The molecule has 0 fully saturated rings. The molecule has 1 aromatic carbocycles. The van der Waals surface area contributed by atoms with Gasteiger partial charge in [0.05, 0.1) is 7.11 Å². The van der Waals surface area contributed by atoms with Crippen molar-refractivity contribution in [1.82, 2.24) is 10.3 Å². The number of nitrogens with one attached hydrogen (secondary N) is 1. The molecule has 21 heavy (non-hydrogen) atoms. The van der Waals surface area contributed by atoms with Crippen LogP contribution < -0.4 is 10.1 Å². The molecule has 0 aliphatic rings. The molecule has 0 amide bonds. The van der Waals surface area contributed by atoms with E-state index in [2.05, 4.69) is 22.4 Å². The summed E-state index contributed by atoms with van der Waals surface area (Å²) in [5.41, 5.74) is 2.45. The van der Waals surface area contributed by atoms with Crippen LogP contribution in [0.3, 0.4) is 0 Å². The third kappa shape index (κ3) is 4.73. The Morgan fingerprint density at radius 1 is 1.24 bits per heavy atom. The second kappa shape index (κ2) is 8.01. The molecule has 0 spiro atoms. The Balaban J connectivity index is 2.00. The average Bonchev–Trinajstić information content (AvgIpc) is 2.52. The zero-order valence-electron chi connectivity index (χ0n) is 12.5. The molecule has 1 heterocycles. The maximum atomic E-state index is 6.09. The first-order valence-electron chi connectivity index (χ1n) is 7.11. The molecular formula is C17H21ClN2O. The number of pyridine rings is 1. The van der Waals surface area contributed by atoms with E-state index in [0.717, 1.165) is 35.6 Å². The van der Waals surface area contributed by atoms with Gasteiger partial charge in [-0.3, -0.25) is 4.98 Å². The van der Waals surface area contributed by atoms with Crippen LogP contribution in [0.15, 0.2) is 42.7 Å². The fourth-order valence-corrected chi connectivity index (χ4v) is 2.61. The Morgan fingerprint density at radius 3 is 2.67 bits per heavy atom. The monoisotopic (exact) mass is 304 g/mol. The van der Waals surface area contributed by atoms with Crippen molar-refractivity contribution in [3.63, 3.8) is 0 Å². The molecule has 1 unspecified atom stereocenters. The molecule has 1 N–H and O–H groups in total. The highest BCUT2D eigenvalue weighted by Gasteiger charge is 2.12. The molecular weight excluding hydrogens is 284 g/mol. The summed E-state index contributed by atoms with van der Waals surface area (Å²) in [5.74, 6) is 0.892. The predicted molar refractivity (Wildman–Crippen MR) is 87.1 cm³/mol. The second-order valence-corrected chi connectivity index (χ2v) is 5.48. The van der Waals surface area contributed by atoms with E-state index in [-0.39, 0.29) is 0 Å². The van der Waals surface area contributed by atoms with E-state index in [1.807, 2.05) is 37.6 Å².